The molecule has 1 aromatic heterocycles. The van der Waals surface area contributed by atoms with Crippen molar-refractivity contribution in [3.05, 3.63) is 41.5 Å². The Morgan fingerprint density at radius 2 is 1.92 bits per heavy atom. The minimum Gasteiger partial charge on any atom is -0.462 e. The third-order valence-corrected chi connectivity index (χ3v) is 3.71. The molecule has 1 N–H and O–H groups in total. The van der Waals surface area contributed by atoms with Crippen LogP contribution in [0.1, 0.15) is 34.6 Å². The van der Waals surface area contributed by atoms with E-state index in [0.29, 0.717) is 10.6 Å². The average Bonchev–Trinajstić information content (AvgIpc) is 2.93. The molecule has 0 saturated carbocycles. The Morgan fingerprint density at radius 3 is 2.46 bits per heavy atom. The molecule has 0 radical (unpaired) electrons. The number of anilines is 1. The van der Waals surface area contributed by atoms with Crippen molar-refractivity contribution < 1.29 is 19.1 Å². The highest BCUT2D eigenvalue weighted by Gasteiger charge is 2.28. The number of nitrogens with one attached hydrogen (secondary N) is 1. The topological polar surface area (TPSA) is 90.3 Å². The molecule has 0 aliphatic rings. The van der Waals surface area contributed by atoms with Crippen molar-refractivity contribution in [3.8, 4) is 0 Å². The molecule has 1 amide bonds. The lowest BCUT2D eigenvalue weighted by Crippen LogP contribution is -2.20. The molecule has 1 heterocycles. The van der Waals surface area contributed by atoms with Crippen molar-refractivity contribution in [1.29, 1.82) is 0 Å². The fourth-order valence-corrected chi connectivity index (χ4v) is 2.61. The molecule has 0 fully saturated rings. The molecule has 0 aliphatic heterocycles. The van der Waals surface area contributed by atoms with Crippen LogP contribution in [0.4, 0.5) is 5.82 Å². The van der Waals surface area contributed by atoms with Gasteiger partial charge in [0.15, 0.2) is 5.82 Å². The highest BCUT2D eigenvalue weighted by molar-refractivity contribution is 7.98. The first-order valence-electron chi connectivity index (χ1n) is 7.21. The Labute approximate surface area is 143 Å². The average molecular weight is 347 g/mol. The van der Waals surface area contributed by atoms with Gasteiger partial charge in [-0.05, 0) is 25.3 Å². The Kier molecular flexibility index (Phi) is 5.75. The molecule has 0 unspecified atom stereocenters. The molecule has 8 heteroatoms. The number of esters is 1. The fourth-order valence-electron chi connectivity index (χ4n) is 2.06. The Bertz CT molecular complexity index is 771. The van der Waals surface area contributed by atoms with Crippen molar-refractivity contribution in [2.75, 3.05) is 18.2 Å². The summed E-state index contributed by atoms with van der Waals surface area (Å²) >= 11 is 1.19. The lowest BCUT2D eigenvalue weighted by atomic mass is 10.2. The molecule has 0 bridgehead atoms. The van der Waals surface area contributed by atoms with Crippen molar-refractivity contribution in [2.24, 2.45) is 0 Å². The van der Waals surface area contributed by atoms with Crippen molar-refractivity contribution >= 4 is 35.4 Å². The summed E-state index contributed by atoms with van der Waals surface area (Å²) in [6.07, 6.45) is 1.72. The number of carbonyl (C=O) groups is 3. The van der Waals surface area contributed by atoms with E-state index in [4.69, 9.17) is 4.74 Å². The molecule has 24 heavy (non-hydrogen) atoms. The second kappa shape index (κ2) is 7.78. The van der Waals surface area contributed by atoms with Gasteiger partial charge in [-0.25, -0.2) is 4.79 Å². The molecule has 2 rings (SSSR count). The molecule has 0 atom stereocenters. The Balaban J connectivity index is 2.60. The molecule has 1 aromatic carbocycles. The maximum atomic E-state index is 12.7. The minimum atomic E-state index is -0.641. The van der Waals surface area contributed by atoms with E-state index >= 15 is 0 Å². The summed E-state index contributed by atoms with van der Waals surface area (Å²) in [5.41, 5.74) is 0.457. The first-order valence-corrected chi connectivity index (χ1v) is 8.43. The summed E-state index contributed by atoms with van der Waals surface area (Å²) in [6.45, 7) is 3.14. The summed E-state index contributed by atoms with van der Waals surface area (Å²) in [5, 5.41) is 7.00. The maximum absolute atomic E-state index is 12.7. The molecule has 126 valence electrons. The summed E-state index contributed by atoms with van der Waals surface area (Å²) in [7, 11) is 0. The zero-order valence-corrected chi connectivity index (χ0v) is 14.3. The van der Waals surface area contributed by atoms with E-state index in [1.807, 2.05) is 0 Å². The highest BCUT2D eigenvalue weighted by atomic mass is 32.2. The third kappa shape index (κ3) is 3.65. The number of rotatable bonds is 5. The van der Waals surface area contributed by atoms with E-state index in [1.165, 1.54) is 18.7 Å². The molecule has 0 aliphatic carbocycles. The van der Waals surface area contributed by atoms with E-state index in [2.05, 4.69) is 10.4 Å². The van der Waals surface area contributed by atoms with Gasteiger partial charge >= 0.3 is 5.97 Å². The molecular weight excluding hydrogens is 330 g/mol. The minimum absolute atomic E-state index is 0.0131. The standard InChI is InChI=1S/C16H17N3O4S/c1-4-23-16(22)12-13(17-10(2)20)19(18-14(12)24-3)15(21)11-8-6-5-7-9-11/h5-9H,4H2,1-3H3,(H,17,20). The number of aromatic nitrogens is 2. The van der Waals surface area contributed by atoms with Gasteiger partial charge in [0.25, 0.3) is 5.91 Å². The zero-order valence-electron chi connectivity index (χ0n) is 13.5. The van der Waals surface area contributed by atoms with E-state index < -0.39 is 17.8 Å². The van der Waals surface area contributed by atoms with Gasteiger partial charge in [-0.15, -0.1) is 11.8 Å². The number of ether oxygens (including phenoxy) is 1. The van der Waals surface area contributed by atoms with E-state index in [1.54, 1.807) is 43.5 Å². The van der Waals surface area contributed by atoms with Gasteiger partial charge < -0.3 is 10.1 Å². The van der Waals surface area contributed by atoms with Crippen LogP contribution < -0.4 is 5.32 Å². The van der Waals surface area contributed by atoms with Gasteiger partial charge in [0.1, 0.15) is 10.6 Å². The van der Waals surface area contributed by atoms with Crippen molar-refractivity contribution in [1.82, 2.24) is 9.78 Å². The van der Waals surface area contributed by atoms with Crippen LogP contribution in [0.15, 0.2) is 35.4 Å². The predicted octanol–water partition coefficient (Wildman–Crippen LogP) is 2.43. The number of benzene rings is 1. The number of nitrogens with zero attached hydrogens (tertiary/aromatic N) is 2. The molecular formula is C16H17N3O4S. The smallest absolute Gasteiger partial charge is 0.344 e. The highest BCUT2D eigenvalue weighted by Crippen LogP contribution is 2.28. The summed E-state index contributed by atoms with van der Waals surface area (Å²) in [5.74, 6) is -1.50. The third-order valence-electron chi connectivity index (χ3n) is 3.03. The van der Waals surface area contributed by atoms with Crippen LogP contribution in [-0.2, 0) is 9.53 Å². The van der Waals surface area contributed by atoms with E-state index in [9.17, 15) is 14.4 Å². The number of carbonyl (C=O) groups excluding carboxylic acids is 3. The molecule has 0 saturated heterocycles. The maximum Gasteiger partial charge on any atom is 0.344 e. The molecule has 2 aromatic rings. The van der Waals surface area contributed by atoms with Crippen LogP contribution >= 0.6 is 11.8 Å². The van der Waals surface area contributed by atoms with Gasteiger partial charge in [-0.2, -0.15) is 9.78 Å². The van der Waals surface area contributed by atoms with Crippen LogP contribution in [0.25, 0.3) is 0 Å². The Morgan fingerprint density at radius 1 is 1.25 bits per heavy atom. The van der Waals surface area contributed by atoms with Crippen LogP contribution in [0.2, 0.25) is 0 Å². The van der Waals surface area contributed by atoms with E-state index in [0.717, 1.165) is 4.68 Å². The number of thioether (sulfide) groups is 1. The van der Waals surface area contributed by atoms with Crippen LogP contribution in [-0.4, -0.2) is 40.4 Å². The monoisotopic (exact) mass is 347 g/mol. The van der Waals surface area contributed by atoms with E-state index in [-0.39, 0.29) is 18.0 Å². The van der Waals surface area contributed by atoms with Gasteiger partial charge in [0, 0.05) is 12.5 Å². The number of amides is 1. The summed E-state index contributed by atoms with van der Waals surface area (Å²) in [6, 6.07) is 8.48. The number of hydrogen-bond donors (Lipinski definition) is 1. The molecule has 0 spiro atoms. The summed E-state index contributed by atoms with van der Waals surface area (Å²) in [4.78, 5) is 36.5. The van der Waals surface area contributed by atoms with Crippen LogP contribution in [0.3, 0.4) is 0 Å². The fraction of sp³-hybridized carbons (Fsp3) is 0.250. The molecule has 7 nitrogen and oxygen atoms in total. The van der Waals surface area contributed by atoms with Gasteiger partial charge in [0.05, 0.1) is 6.61 Å². The van der Waals surface area contributed by atoms with Crippen LogP contribution in [0.5, 0.6) is 0 Å². The second-order valence-corrected chi connectivity index (χ2v) is 5.51. The second-order valence-electron chi connectivity index (χ2n) is 4.72. The Hall–Kier alpha value is -2.61. The lowest BCUT2D eigenvalue weighted by Gasteiger charge is -2.08. The van der Waals surface area contributed by atoms with Crippen LogP contribution in [0, 0.1) is 0 Å². The first kappa shape index (κ1) is 17.7. The summed E-state index contributed by atoms with van der Waals surface area (Å²) < 4.78 is 6.05. The SMILES string of the molecule is CCOC(=O)c1c(SC)nn(C(=O)c2ccccc2)c1NC(C)=O. The van der Waals surface area contributed by atoms with Crippen molar-refractivity contribution in [3.63, 3.8) is 0 Å². The normalized spacial score (nSPS) is 10.3. The largest absolute Gasteiger partial charge is 0.462 e. The predicted molar refractivity (Wildman–Crippen MR) is 90.4 cm³/mol. The first-order chi connectivity index (χ1) is 11.5. The lowest BCUT2D eigenvalue weighted by molar-refractivity contribution is -0.114. The number of hydrogen-bond acceptors (Lipinski definition) is 6. The van der Waals surface area contributed by atoms with Gasteiger partial charge in [-0.1, -0.05) is 18.2 Å². The van der Waals surface area contributed by atoms with Gasteiger partial charge in [0.2, 0.25) is 5.91 Å². The van der Waals surface area contributed by atoms with Gasteiger partial charge in [-0.3, -0.25) is 9.59 Å². The van der Waals surface area contributed by atoms with Crippen molar-refractivity contribution in [2.45, 2.75) is 18.9 Å². The quantitative estimate of drug-likeness (QED) is 0.660. The zero-order chi connectivity index (χ0) is 17.7.